The quantitative estimate of drug-likeness (QED) is 0.838. The van der Waals surface area contributed by atoms with Gasteiger partial charge in [0.1, 0.15) is 0 Å². The standard InChI is InChI=1S/C12H17N3O/c1-8(9-5-6-9)15(2)12(16)11-10(13)4-3-7-14-11/h3-4,7-9H,5-6,13H2,1-2H3. The lowest BCUT2D eigenvalue weighted by atomic mass is 10.1. The summed E-state index contributed by atoms with van der Waals surface area (Å²) in [5.41, 5.74) is 6.55. The maximum atomic E-state index is 12.1. The SMILES string of the molecule is CC(C1CC1)N(C)C(=O)c1ncccc1N. The summed E-state index contributed by atoms with van der Waals surface area (Å²) in [7, 11) is 1.82. The van der Waals surface area contributed by atoms with Crippen LogP contribution in [0.5, 0.6) is 0 Å². The number of hydrogen-bond donors (Lipinski definition) is 1. The largest absolute Gasteiger partial charge is 0.397 e. The van der Waals surface area contributed by atoms with E-state index in [1.54, 1.807) is 23.2 Å². The van der Waals surface area contributed by atoms with Crippen LogP contribution in [0.25, 0.3) is 0 Å². The number of nitrogens with zero attached hydrogens (tertiary/aromatic N) is 2. The molecule has 4 nitrogen and oxygen atoms in total. The predicted molar refractivity (Wildman–Crippen MR) is 62.9 cm³/mol. The van der Waals surface area contributed by atoms with Crippen molar-refractivity contribution in [3.63, 3.8) is 0 Å². The van der Waals surface area contributed by atoms with Gasteiger partial charge in [0, 0.05) is 19.3 Å². The lowest BCUT2D eigenvalue weighted by Crippen LogP contribution is -2.37. The van der Waals surface area contributed by atoms with Crippen LogP contribution in [0.15, 0.2) is 18.3 Å². The van der Waals surface area contributed by atoms with E-state index in [1.165, 1.54) is 12.8 Å². The summed E-state index contributed by atoms with van der Waals surface area (Å²) >= 11 is 0. The number of aromatic nitrogens is 1. The van der Waals surface area contributed by atoms with Gasteiger partial charge in [-0.15, -0.1) is 0 Å². The molecule has 4 heteroatoms. The average Bonchev–Trinajstić information content (AvgIpc) is 3.11. The molecular weight excluding hydrogens is 202 g/mol. The zero-order chi connectivity index (χ0) is 11.7. The van der Waals surface area contributed by atoms with Crippen LogP contribution in [0, 0.1) is 5.92 Å². The minimum atomic E-state index is -0.0856. The molecule has 0 spiro atoms. The first-order valence-electron chi connectivity index (χ1n) is 5.59. The first-order chi connectivity index (χ1) is 7.61. The normalized spacial score (nSPS) is 16.9. The van der Waals surface area contributed by atoms with Crippen molar-refractivity contribution in [1.29, 1.82) is 0 Å². The highest BCUT2D eigenvalue weighted by Gasteiger charge is 2.33. The number of carbonyl (C=O) groups excluding carboxylic acids is 1. The summed E-state index contributed by atoms with van der Waals surface area (Å²) in [5.74, 6) is 0.566. The van der Waals surface area contributed by atoms with Crippen LogP contribution in [0.2, 0.25) is 0 Å². The van der Waals surface area contributed by atoms with Crippen LogP contribution in [0.1, 0.15) is 30.3 Å². The maximum absolute atomic E-state index is 12.1. The van der Waals surface area contributed by atoms with Crippen molar-refractivity contribution in [2.75, 3.05) is 12.8 Å². The number of amides is 1. The van der Waals surface area contributed by atoms with Crippen LogP contribution in [0.3, 0.4) is 0 Å². The molecule has 2 rings (SSSR count). The molecular formula is C12H17N3O. The van der Waals surface area contributed by atoms with Crippen molar-refractivity contribution < 1.29 is 4.79 Å². The van der Waals surface area contributed by atoms with Gasteiger partial charge in [-0.25, -0.2) is 4.98 Å². The van der Waals surface area contributed by atoms with Crippen LogP contribution >= 0.6 is 0 Å². The van der Waals surface area contributed by atoms with Crippen molar-refractivity contribution in [2.24, 2.45) is 5.92 Å². The molecule has 0 saturated heterocycles. The second-order valence-corrected chi connectivity index (χ2v) is 4.44. The van der Waals surface area contributed by atoms with Crippen molar-refractivity contribution in [2.45, 2.75) is 25.8 Å². The van der Waals surface area contributed by atoms with Gasteiger partial charge in [-0.3, -0.25) is 4.79 Å². The molecule has 16 heavy (non-hydrogen) atoms. The molecule has 1 atom stereocenters. The van der Waals surface area contributed by atoms with E-state index in [2.05, 4.69) is 11.9 Å². The number of carbonyl (C=O) groups is 1. The van der Waals surface area contributed by atoms with E-state index in [4.69, 9.17) is 5.73 Å². The molecule has 0 bridgehead atoms. The minimum absolute atomic E-state index is 0.0856. The van der Waals surface area contributed by atoms with Gasteiger partial charge in [0.15, 0.2) is 5.69 Å². The van der Waals surface area contributed by atoms with Gasteiger partial charge in [-0.2, -0.15) is 0 Å². The van der Waals surface area contributed by atoms with Gasteiger partial charge < -0.3 is 10.6 Å². The summed E-state index contributed by atoms with van der Waals surface area (Å²) < 4.78 is 0. The first-order valence-corrected chi connectivity index (χ1v) is 5.59. The first kappa shape index (κ1) is 10.9. The van der Waals surface area contributed by atoms with E-state index >= 15 is 0 Å². The van der Waals surface area contributed by atoms with Crippen molar-refractivity contribution in [1.82, 2.24) is 9.88 Å². The number of nitrogen functional groups attached to an aromatic ring is 1. The van der Waals surface area contributed by atoms with E-state index < -0.39 is 0 Å². The van der Waals surface area contributed by atoms with E-state index in [9.17, 15) is 4.79 Å². The van der Waals surface area contributed by atoms with Crippen LogP contribution in [-0.2, 0) is 0 Å². The average molecular weight is 219 g/mol. The smallest absolute Gasteiger partial charge is 0.274 e. The summed E-state index contributed by atoms with van der Waals surface area (Å²) in [6.45, 7) is 2.08. The Kier molecular flexibility index (Phi) is 2.81. The highest BCUT2D eigenvalue weighted by atomic mass is 16.2. The Morgan fingerprint density at radius 1 is 1.62 bits per heavy atom. The van der Waals surface area contributed by atoms with Crippen LogP contribution in [0.4, 0.5) is 5.69 Å². The molecule has 1 aliphatic carbocycles. The molecule has 86 valence electrons. The maximum Gasteiger partial charge on any atom is 0.274 e. The van der Waals surface area contributed by atoms with E-state index in [0.29, 0.717) is 17.3 Å². The Morgan fingerprint density at radius 2 is 2.31 bits per heavy atom. The Balaban J connectivity index is 2.15. The van der Waals surface area contributed by atoms with E-state index in [0.717, 1.165) is 0 Å². The third kappa shape index (κ3) is 2.01. The van der Waals surface area contributed by atoms with Gasteiger partial charge in [-0.05, 0) is 37.8 Å². The van der Waals surface area contributed by atoms with Crippen molar-refractivity contribution in [3.05, 3.63) is 24.0 Å². The number of hydrogen-bond acceptors (Lipinski definition) is 3. The number of pyridine rings is 1. The fourth-order valence-electron chi connectivity index (χ4n) is 1.84. The predicted octanol–water partition coefficient (Wildman–Crippen LogP) is 1.53. The summed E-state index contributed by atoms with van der Waals surface area (Å²) in [6.07, 6.45) is 4.03. The molecule has 1 heterocycles. The van der Waals surface area contributed by atoms with Crippen molar-refractivity contribution >= 4 is 11.6 Å². The monoisotopic (exact) mass is 219 g/mol. The van der Waals surface area contributed by atoms with Gasteiger partial charge in [0.05, 0.1) is 5.69 Å². The third-order valence-corrected chi connectivity index (χ3v) is 3.28. The molecule has 0 aromatic carbocycles. The molecule has 1 amide bonds. The minimum Gasteiger partial charge on any atom is -0.397 e. The van der Waals surface area contributed by atoms with E-state index in [-0.39, 0.29) is 11.9 Å². The van der Waals surface area contributed by atoms with Gasteiger partial charge >= 0.3 is 0 Å². The molecule has 1 aliphatic rings. The second kappa shape index (κ2) is 4.12. The summed E-state index contributed by atoms with van der Waals surface area (Å²) in [5, 5.41) is 0. The van der Waals surface area contributed by atoms with Gasteiger partial charge in [0.25, 0.3) is 5.91 Å². The molecule has 2 N–H and O–H groups in total. The molecule has 1 fully saturated rings. The topological polar surface area (TPSA) is 59.2 Å². The van der Waals surface area contributed by atoms with Gasteiger partial charge in [-0.1, -0.05) is 0 Å². The zero-order valence-electron chi connectivity index (χ0n) is 9.68. The highest BCUT2D eigenvalue weighted by molar-refractivity contribution is 5.97. The van der Waals surface area contributed by atoms with Crippen molar-refractivity contribution in [3.8, 4) is 0 Å². The number of rotatable bonds is 3. The summed E-state index contributed by atoms with van der Waals surface area (Å²) in [6, 6.07) is 3.71. The molecule has 1 saturated carbocycles. The Hall–Kier alpha value is -1.58. The highest BCUT2D eigenvalue weighted by Crippen LogP contribution is 2.35. The Bertz CT molecular complexity index is 401. The van der Waals surface area contributed by atoms with E-state index in [1.807, 2.05) is 7.05 Å². The Labute approximate surface area is 95.5 Å². The second-order valence-electron chi connectivity index (χ2n) is 4.44. The molecule has 1 aromatic heterocycles. The number of nitrogens with two attached hydrogens (primary N) is 1. The molecule has 0 radical (unpaired) electrons. The van der Waals surface area contributed by atoms with Gasteiger partial charge in [0.2, 0.25) is 0 Å². The summed E-state index contributed by atoms with van der Waals surface area (Å²) in [4.78, 5) is 17.9. The van der Waals surface area contributed by atoms with Crippen LogP contribution in [-0.4, -0.2) is 28.9 Å². The molecule has 1 unspecified atom stereocenters. The number of anilines is 1. The fourth-order valence-corrected chi connectivity index (χ4v) is 1.84. The lowest BCUT2D eigenvalue weighted by molar-refractivity contribution is 0.0722. The Morgan fingerprint density at radius 3 is 2.88 bits per heavy atom. The van der Waals surface area contributed by atoms with Crippen LogP contribution < -0.4 is 5.73 Å². The third-order valence-electron chi connectivity index (χ3n) is 3.28. The molecule has 1 aromatic rings. The lowest BCUT2D eigenvalue weighted by Gasteiger charge is -2.24. The zero-order valence-corrected chi connectivity index (χ0v) is 9.68. The fraction of sp³-hybridized carbons (Fsp3) is 0.500. The molecule has 0 aliphatic heterocycles.